The van der Waals surface area contributed by atoms with Gasteiger partial charge in [-0.2, -0.15) is 0 Å². The van der Waals surface area contributed by atoms with Gasteiger partial charge in [0.2, 0.25) is 0 Å². The van der Waals surface area contributed by atoms with Crippen LogP contribution in [0.4, 0.5) is 0 Å². The molecular weight excluding hydrogens is 813 g/mol. The van der Waals surface area contributed by atoms with Crippen molar-refractivity contribution in [3.8, 4) is 0 Å². The van der Waals surface area contributed by atoms with Gasteiger partial charge in [0.1, 0.15) is 31.0 Å². The molecule has 0 radical (unpaired) electrons. The number of ketones is 1. The number of aliphatic hydroxyl groups is 2. The molecule has 1 aromatic rings. The molecule has 0 spiro atoms. The number of hydrogen-bond donors (Lipinski definition) is 2. The largest absolute Gasteiger partial charge is 0.462 e. The number of Topliss-reactive ketones (excluding diaryl/α,β-unsaturated/α-hetero) is 1. The van der Waals surface area contributed by atoms with Crippen LogP contribution in [0.1, 0.15) is 161 Å². The van der Waals surface area contributed by atoms with Gasteiger partial charge in [0, 0.05) is 30.3 Å². The van der Waals surface area contributed by atoms with Crippen LogP contribution in [0.2, 0.25) is 0 Å². The molecule has 3 heterocycles. The van der Waals surface area contributed by atoms with Crippen molar-refractivity contribution in [2.24, 2.45) is 17.8 Å². The molecule has 7 rings (SSSR count). The normalized spacial score (nSPS) is 36.7. The van der Waals surface area contributed by atoms with Gasteiger partial charge in [0.05, 0.1) is 11.2 Å². The highest BCUT2D eigenvalue weighted by Gasteiger charge is 2.90. The molecule has 11 nitrogen and oxygen atoms in total. The third-order valence-corrected chi connectivity index (χ3v) is 15.2. The molecule has 3 bridgehead atoms. The van der Waals surface area contributed by atoms with Crippen molar-refractivity contribution in [3.63, 3.8) is 0 Å². The van der Waals surface area contributed by atoms with Gasteiger partial charge in [-0.1, -0.05) is 160 Å². The summed E-state index contributed by atoms with van der Waals surface area (Å²) in [4.78, 5) is 41.8. The molecule has 6 aliphatic rings. The highest BCUT2D eigenvalue weighted by Crippen LogP contribution is 2.73. The van der Waals surface area contributed by atoms with E-state index in [1.54, 1.807) is 56.3 Å². The van der Waals surface area contributed by atoms with Gasteiger partial charge < -0.3 is 38.6 Å². The lowest BCUT2D eigenvalue weighted by molar-refractivity contribution is -0.407. The van der Waals surface area contributed by atoms with Gasteiger partial charge >= 0.3 is 17.9 Å². The predicted octanol–water partition coefficient (Wildman–Crippen LogP) is 9.74. The number of epoxide rings is 1. The Hall–Kier alpha value is -3.45. The molecule has 0 aromatic heterocycles. The van der Waals surface area contributed by atoms with E-state index in [-0.39, 0.29) is 12.0 Å². The number of hydrogen-bond acceptors (Lipinski definition) is 11. The number of rotatable bonds is 25. The van der Waals surface area contributed by atoms with Crippen LogP contribution in [-0.2, 0) is 38.0 Å². The van der Waals surface area contributed by atoms with E-state index in [4.69, 9.17) is 28.4 Å². The molecule has 1 unspecified atom stereocenters. The number of ether oxygens (including phenoxy) is 6. The SMILES string of the molecule is C=C(C)[C@@]12O[C@@]3(/C=C/C=C/CCCCC)O[C@@H]1[C@@H]1[C@@H]4O[C@]4(COC(=O)CCCCCCCCCCCCCCC)[C@@H](O)[C@]4(O)C(=O)C(C)=CC4[C@@]1(O3)[C@H](C)[C@H]2OC(=O)c1ccccc1. The molecule has 3 saturated heterocycles. The summed E-state index contributed by atoms with van der Waals surface area (Å²) in [7, 11) is 0. The van der Waals surface area contributed by atoms with E-state index < -0.39 is 94.9 Å². The van der Waals surface area contributed by atoms with Crippen LogP contribution in [0.25, 0.3) is 0 Å². The molecule has 11 heteroatoms. The summed E-state index contributed by atoms with van der Waals surface area (Å²) in [5.74, 6) is -6.43. The number of aliphatic hydroxyl groups excluding tert-OH is 1. The summed E-state index contributed by atoms with van der Waals surface area (Å²) < 4.78 is 40.2. The maximum absolute atomic E-state index is 14.4. The molecule has 3 aliphatic carbocycles. The van der Waals surface area contributed by atoms with Crippen LogP contribution in [-0.4, -0.2) is 87.3 Å². The van der Waals surface area contributed by atoms with E-state index in [9.17, 15) is 24.6 Å². The summed E-state index contributed by atoms with van der Waals surface area (Å²) in [6.45, 7) is 13.7. The second-order valence-corrected chi connectivity index (χ2v) is 19.6. The molecule has 1 aromatic carbocycles. The summed E-state index contributed by atoms with van der Waals surface area (Å²) in [6.07, 6.45) is 24.0. The Kier molecular flexibility index (Phi) is 15.3. The average Bonchev–Trinajstić information content (AvgIpc) is 3.90. The number of esters is 2. The molecule has 2 N–H and O–H groups in total. The first-order valence-corrected chi connectivity index (χ1v) is 24.6. The highest BCUT2D eigenvalue weighted by molar-refractivity contribution is 6.05. The third-order valence-electron chi connectivity index (χ3n) is 15.2. The first-order chi connectivity index (χ1) is 30.8. The lowest BCUT2D eigenvalue weighted by Crippen LogP contribution is -2.76. The van der Waals surface area contributed by atoms with Crippen molar-refractivity contribution in [2.75, 3.05) is 6.61 Å². The minimum Gasteiger partial charge on any atom is -0.462 e. The van der Waals surface area contributed by atoms with E-state index in [1.807, 2.05) is 19.1 Å². The van der Waals surface area contributed by atoms with E-state index in [2.05, 4.69) is 26.5 Å². The maximum Gasteiger partial charge on any atom is 0.338 e. The van der Waals surface area contributed by atoms with Gasteiger partial charge in [-0.3, -0.25) is 9.59 Å². The monoisotopic (exact) mass is 887 g/mol. The number of carbonyl (C=O) groups is 3. The second kappa shape index (κ2) is 20.2. The number of benzene rings is 1. The molecule has 3 aliphatic heterocycles. The Bertz CT molecular complexity index is 1920. The third kappa shape index (κ3) is 8.67. The molecule has 12 atom stereocenters. The quantitative estimate of drug-likeness (QED) is 0.0318. The summed E-state index contributed by atoms with van der Waals surface area (Å²) in [6, 6.07) is 8.63. The van der Waals surface area contributed by atoms with E-state index in [0.717, 1.165) is 44.9 Å². The predicted molar refractivity (Wildman–Crippen MR) is 243 cm³/mol. The topological polar surface area (TPSA) is 150 Å². The van der Waals surface area contributed by atoms with Crippen LogP contribution in [0.5, 0.6) is 0 Å². The Morgan fingerprint density at radius 3 is 2.11 bits per heavy atom. The minimum atomic E-state index is -2.47. The standard InChI is InChI=1S/C53H74O11/c1-7-9-11-13-15-16-17-18-19-20-21-23-28-32-41(54)59-35-49-45(61-49)42-46-52(36(3)4)44(60-47(56)39-30-26-25-27-31-39)38(6)53(42,40-34-37(5)43(55)51(40,58)48(49)57)64-50(62-46,63-52)33-29-24-22-14-12-10-8-2/h22,24-27,29-31,33-34,38,40,42,44-46,48,57-58H,3,7-21,23,28,32,35H2,1-2,4-6H3/b24-22+,33-29+/t38-,40?,42+,44-,45+,46-,48-,49+,50-,51-,52+,53+/m1/s1. The molecule has 2 saturated carbocycles. The zero-order valence-corrected chi connectivity index (χ0v) is 39.0. The fourth-order valence-corrected chi connectivity index (χ4v) is 11.8. The molecule has 64 heavy (non-hydrogen) atoms. The van der Waals surface area contributed by atoms with Crippen molar-refractivity contribution in [1.82, 2.24) is 0 Å². The van der Waals surface area contributed by atoms with Crippen molar-refractivity contribution < 1.29 is 53.0 Å². The zero-order valence-electron chi connectivity index (χ0n) is 39.0. The molecule has 5 fully saturated rings. The maximum atomic E-state index is 14.4. The smallest absolute Gasteiger partial charge is 0.338 e. The Morgan fingerprint density at radius 2 is 1.47 bits per heavy atom. The Balaban J connectivity index is 1.13. The molecule has 352 valence electrons. The molecular formula is C53H74O11. The van der Waals surface area contributed by atoms with Crippen molar-refractivity contribution in [1.29, 1.82) is 0 Å². The van der Waals surface area contributed by atoms with Gasteiger partial charge in [0.25, 0.3) is 0 Å². The number of unbranched alkanes of at least 4 members (excludes halogenated alkanes) is 15. The van der Waals surface area contributed by atoms with Crippen LogP contribution in [0, 0.1) is 17.8 Å². The fraction of sp³-hybridized carbons (Fsp3) is 0.679. The van der Waals surface area contributed by atoms with E-state index in [0.29, 0.717) is 17.6 Å². The second-order valence-electron chi connectivity index (χ2n) is 19.6. The van der Waals surface area contributed by atoms with E-state index in [1.165, 1.54) is 57.8 Å². The number of allylic oxidation sites excluding steroid dienone is 3. The Morgan fingerprint density at radius 1 is 0.844 bits per heavy atom. The van der Waals surface area contributed by atoms with Gasteiger partial charge in [0.15, 0.2) is 22.6 Å². The van der Waals surface area contributed by atoms with Gasteiger partial charge in [-0.15, -0.1) is 0 Å². The fourth-order valence-electron chi connectivity index (χ4n) is 11.8. The lowest BCUT2D eigenvalue weighted by Gasteiger charge is -2.61. The minimum absolute atomic E-state index is 0.198. The van der Waals surface area contributed by atoms with Crippen LogP contribution in [0.15, 0.2) is 78.4 Å². The van der Waals surface area contributed by atoms with E-state index >= 15 is 0 Å². The number of fused-ring (bicyclic) bond motifs is 3. The average molecular weight is 887 g/mol. The van der Waals surface area contributed by atoms with Gasteiger partial charge in [-0.25, -0.2) is 4.79 Å². The van der Waals surface area contributed by atoms with Crippen molar-refractivity contribution in [3.05, 3.63) is 84.0 Å². The summed E-state index contributed by atoms with van der Waals surface area (Å²) in [5, 5.41) is 25.4. The van der Waals surface area contributed by atoms with Crippen LogP contribution in [0.3, 0.4) is 0 Å². The summed E-state index contributed by atoms with van der Waals surface area (Å²) >= 11 is 0. The Labute approximate surface area is 381 Å². The molecule has 0 amide bonds. The van der Waals surface area contributed by atoms with Crippen molar-refractivity contribution in [2.45, 2.75) is 203 Å². The first kappa shape index (κ1) is 48.5. The first-order valence-electron chi connectivity index (χ1n) is 24.6. The van der Waals surface area contributed by atoms with Crippen LogP contribution >= 0.6 is 0 Å². The zero-order chi connectivity index (χ0) is 45.8. The van der Waals surface area contributed by atoms with Crippen LogP contribution < -0.4 is 0 Å². The van der Waals surface area contributed by atoms with Crippen molar-refractivity contribution >= 4 is 17.7 Å². The van der Waals surface area contributed by atoms with Gasteiger partial charge in [-0.05, 0) is 56.4 Å². The summed E-state index contributed by atoms with van der Waals surface area (Å²) in [5.41, 5.74) is -6.20. The highest BCUT2D eigenvalue weighted by atomic mass is 16.9. The lowest BCUT2D eigenvalue weighted by atomic mass is 9.53. The number of carbonyl (C=O) groups excluding carboxylic acids is 3.